The second-order valence-corrected chi connectivity index (χ2v) is 6.63. The van der Waals surface area contributed by atoms with Crippen LogP contribution >= 0.6 is 11.3 Å². The summed E-state index contributed by atoms with van der Waals surface area (Å²) in [4.78, 5) is 21.0. The molecule has 24 heavy (non-hydrogen) atoms. The number of hydrogen-bond acceptors (Lipinski definition) is 6. The van der Waals surface area contributed by atoms with Crippen molar-refractivity contribution < 1.29 is 4.79 Å². The summed E-state index contributed by atoms with van der Waals surface area (Å²) in [5.74, 6) is 1.86. The van der Waals surface area contributed by atoms with Crippen molar-refractivity contribution in [2.75, 3.05) is 5.32 Å². The molecule has 1 amide bonds. The first-order chi connectivity index (χ1) is 11.7. The van der Waals surface area contributed by atoms with Crippen LogP contribution in [-0.2, 0) is 6.54 Å². The van der Waals surface area contributed by atoms with Gasteiger partial charge in [0.25, 0.3) is 5.91 Å². The van der Waals surface area contributed by atoms with Crippen LogP contribution < -0.4 is 11.1 Å². The minimum Gasteiger partial charge on any atom is -0.325 e. The molecule has 7 nitrogen and oxygen atoms in total. The molecule has 1 fully saturated rings. The third kappa shape index (κ3) is 3.06. The molecule has 0 radical (unpaired) electrons. The third-order valence-electron chi connectivity index (χ3n) is 3.80. The molecule has 8 heteroatoms. The van der Waals surface area contributed by atoms with Gasteiger partial charge >= 0.3 is 0 Å². The molecule has 4 N–H and O–H groups in total. The fraction of sp³-hybridized carbons (Fsp3) is 0.250. The zero-order valence-corrected chi connectivity index (χ0v) is 13.6. The van der Waals surface area contributed by atoms with E-state index in [2.05, 4.69) is 25.5 Å². The van der Waals surface area contributed by atoms with Crippen molar-refractivity contribution in [2.24, 2.45) is 5.73 Å². The predicted octanol–water partition coefficient (Wildman–Crippen LogP) is 2.52. The van der Waals surface area contributed by atoms with E-state index in [1.54, 1.807) is 5.38 Å². The van der Waals surface area contributed by atoms with E-state index < -0.39 is 0 Å². The van der Waals surface area contributed by atoms with Gasteiger partial charge < -0.3 is 11.1 Å². The molecule has 1 aliphatic carbocycles. The van der Waals surface area contributed by atoms with E-state index >= 15 is 0 Å². The molecule has 3 aromatic rings. The van der Waals surface area contributed by atoms with Gasteiger partial charge in [0.15, 0.2) is 5.82 Å². The molecule has 2 aromatic heterocycles. The summed E-state index contributed by atoms with van der Waals surface area (Å²) in [7, 11) is 0. The van der Waals surface area contributed by atoms with Crippen molar-refractivity contribution in [3.05, 3.63) is 46.2 Å². The van der Waals surface area contributed by atoms with Gasteiger partial charge in [-0.05, 0) is 25.0 Å². The number of anilines is 1. The third-order valence-corrected chi connectivity index (χ3v) is 4.68. The lowest BCUT2D eigenvalue weighted by Crippen LogP contribution is -2.12. The Morgan fingerprint density at radius 3 is 3.00 bits per heavy atom. The Balaban J connectivity index is 1.52. The Hall–Kier alpha value is -2.58. The van der Waals surface area contributed by atoms with Gasteiger partial charge in [0.2, 0.25) is 0 Å². The van der Waals surface area contributed by atoms with Gasteiger partial charge in [0, 0.05) is 29.1 Å². The second kappa shape index (κ2) is 6.14. The number of thiazole rings is 1. The van der Waals surface area contributed by atoms with Crippen LogP contribution in [0.3, 0.4) is 0 Å². The highest BCUT2D eigenvalue weighted by atomic mass is 32.1. The van der Waals surface area contributed by atoms with Crippen molar-refractivity contribution in [3.63, 3.8) is 0 Å². The first-order valence-corrected chi connectivity index (χ1v) is 8.59. The Morgan fingerprint density at radius 2 is 2.25 bits per heavy atom. The minimum atomic E-state index is -0.253. The molecule has 4 rings (SSSR count). The maximum absolute atomic E-state index is 12.2. The number of H-pyrrole nitrogens is 1. The highest BCUT2D eigenvalue weighted by molar-refractivity contribution is 7.09. The van der Waals surface area contributed by atoms with Crippen LogP contribution in [-0.4, -0.2) is 26.1 Å². The van der Waals surface area contributed by atoms with Crippen molar-refractivity contribution in [1.82, 2.24) is 20.2 Å². The fourth-order valence-electron chi connectivity index (χ4n) is 2.38. The quantitative estimate of drug-likeness (QED) is 0.661. The molecule has 0 unspecified atom stereocenters. The lowest BCUT2D eigenvalue weighted by Gasteiger charge is -2.04. The van der Waals surface area contributed by atoms with E-state index in [9.17, 15) is 4.79 Å². The predicted molar refractivity (Wildman–Crippen MR) is 91.8 cm³/mol. The number of benzene rings is 1. The van der Waals surface area contributed by atoms with Crippen LogP contribution in [0.1, 0.15) is 40.1 Å². The van der Waals surface area contributed by atoms with Crippen LogP contribution in [0.15, 0.2) is 29.6 Å². The number of nitrogens with two attached hydrogens (primary N) is 1. The zero-order valence-electron chi connectivity index (χ0n) is 12.8. The van der Waals surface area contributed by atoms with Gasteiger partial charge in [-0.15, -0.1) is 11.3 Å². The van der Waals surface area contributed by atoms with Gasteiger partial charge in [0.05, 0.1) is 0 Å². The summed E-state index contributed by atoms with van der Waals surface area (Å²) in [5.41, 5.74) is 7.44. The van der Waals surface area contributed by atoms with Gasteiger partial charge in [-0.3, -0.25) is 9.89 Å². The van der Waals surface area contributed by atoms with Crippen molar-refractivity contribution in [2.45, 2.75) is 25.3 Å². The normalized spacial score (nSPS) is 13.9. The molecule has 2 heterocycles. The number of nitrogens with zero attached hydrogens (tertiary/aromatic N) is 3. The van der Waals surface area contributed by atoms with Crippen LogP contribution in [0.25, 0.3) is 11.4 Å². The minimum absolute atomic E-state index is 0.253. The summed E-state index contributed by atoms with van der Waals surface area (Å²) < 4.78 is 0. The number of nitrogens with one attached hydrogen (secondary N) is 2. The molecular weight excluding hydrogens is 324 g/mol. The molecule has 0 atom stereocenters. The van der Waals surface area contributed by atoms with E-state index in [-0.39, 0.29) is 5.91 Å². The van der Waals surface area contributed by atoms with E-state index in [0.717, 1.165) is 16.4 Å². The Morgan fingerprint density at radius 1 is 1.38 bits per heavy atom. The number of hydrogen-bond donors (Lipinski definition) is 3. The Kier molecular flexibility index (Phi) is 3.83. The number of carbonyl (C=O) groups is 1. The summed E-state index contributed by atoms with van der Waals surface area (Å²) in [6.07, 6.45) is 2.34. The van der Waals surface area contributed by atoms with Gasteiger partial charge in [-0.1, -0.05) is 12.1 Å². The lowest BCUT2D eigenvalue weighted by molar-refractivity contribution is 0.102. The second-order valence-electron chi connectivity index (χ2n) is 5.68. The standard InChI is InChI=1S/C16H16N6OS/c17-7-13-19-12(8-24-13)16(23)18-11-3-1-2-10(6-11)15-20-14(21-22-15)9-4-5-9/h1-3,6,8-9H,4-5,7,17H2,(H,18,23)(H,20,21,22). The lowest BCUT2D eigenvalue weighted by atomic mass is 10.2. The topological polar surface area (TPSA) is 110 Å². The molecular formula is C16H16N6OS. The Labute approximate surface area is 142 Å². The molecule has 1 aliphatic rings. The number of aromatic nitrogens is 4. The average molecular weight is 340 g/mol. The molecule has 0 saturated heterocycles. The van der Waals surface area contributed by atoms with Crippen molar-refractivity contribution >= 4 is 22.9 Å². The molecule has 0 spiro atoms. The zero-order chi connectivity index (χ0) is 16.5. The van der Waals surface area contributed by atoms with E-state index in [4.69, 9.17) is 5.73 Å². The number of amides is 1. The van der Waals surface area contributed by atoms with Gasteiger partial charge in [-0.2, -0.15) is 5.10 Å². The number of rotatable bonds is 5. The van der Waals surface area contributed by atoms with Gasteiger partial charge in [0.1, 0.15) is 16.5 Å². The SMILES string of the molecule is NCc1nc(C(=O)Nc2cccc(-c3n[nH]c(C4CC4)n3)c2)cs1. The van der Waals surface area contributed by atoms with Crippen molar-refractivity contribution in [1.29, 1.82) is 0 Å². The van der Waals surface area contributed by atoms with E-state index in [1.807, 2.05) is 24.3 Å². The molecule has 122 valence electrons. The summed E-state index contributed by atoms with van der Waals surface area (Å²) in [6, 6.07) is 7.47. The summed E-state index contributed by atoms with van der Waals surface area (Å²) in [6.45, 7) is 0.335. The van der Waals surface area contributed by atoms with E-state index in [0.29, 0.717) is 29.7 Å². The van der Waals surface area contributed by atoms with Crippen LogP contribution in [0.4, 0.5) is 5.69 Å². The highest BCUT2D eigenvalue weighted by Crippen LogP contribution is 2.38. The smallest absolute Gasteiger partial charge is 0.275 e. The first-order valence-electron chi connectivity index (χ1n) is 7.71. The fourth-order valence-corrected chi connectivity index (χ4v) is 3.04. The molecule has 1 saturated carbocycles. The largest absolute Gasteiger partial charge is 0.325 e. The van der Waals surface area contributed by atoms with Crippen LogP contribution in [0.5, 0.6) is 0 Å². The molecule has 1 aromatic carbocycles. The highest BCUT2D eigenvalue weighted by Gasteiger charge is 2.27. The Bertz CT molecular complexity index is 882. The van der Waals surface area contributed by atoms with Crippen LogP contribution in [0.2, 0.25) is 0 Å². The summed E-state index contributed by atoms with van der Waals surface area (Å²) >= 11 is 1.38. The molecule has 0 bridgehead atoms. The number of carbonyl (C=O) groups excluding carboxylic acids is 1. The van der Waals surface area contributed by atoms with Gasteiger partial charge in [-0.25, -0.2) is 9.97 Å². The monoisotopic (exact) mass is 340 g/mol. The maximum Gasteiger partial charge on any atom is 0.275 e. The van der Waals surface area contributed by atoms with Crippen molar-refractivity contribution in [3.8, 4) is 11.4 Å². The number of aromatic amines is 1. The average Bonchev–Trinajstić information content (AvgIpc) is 3.14. The first kappa shape index (κ1) is 15.0. The molecule has 0 aliphatic heterocycles. The van der Waals surface area contributed by atoms with Crippen LogP contribution in [0, 0.1) is 0 Å². The van der Waals surface area contributed by atoms with E-state index in [1.165, 1.54) is 24.2 Å². The summed E-state index contributed by atoms with van der Waals surface area (Å²) in [5, 5.41) is 12.6. The maximum atomic E-state index is 12.2.